The summed E-state index contributed by atoms with van der Waals surface area (Å²) in [4.78, 5) is 16.7. The van der Waals surface area contributed by atoms with E-state index < -0.39 is 6.04 Å². The molecule has 30 heavy (non-hydrogen) atoms. The summed E-state index contributed by atoms with van der Waals surface area (Å²) in [5.41, 5.74) is 2.26. The van der Waals surface area contributed by atoms with Crippen LogP contribution < -0.4 is 10.6 Å². The normalized spacial score (nSPS) is 11.5. The largest absolute Gasteiger partial charge is 0.356 e. The Morgan fingerprint density at radius 1 is 0.867 bits per heavy atom. The van der Waals surface area contributed by atoms with Crippen molar-refractivity contribution in [2.24, 2.45) is 0 Å². The summed E-state index contributed by atoms with van der Waals surface area (Å²) in [6.45, 7) is 0. The van der Waals surface area contributed by atoms with Gasteiger partial charge in [-0.1, -0.05) is 36.4 Å². The first-order chi connectivity index (χ1) is 14.7. The molecule has 148 valence electrons. The molecule has 6 nitrogen and oxygen atoms in total. The van der Waals surface area contributed by atoms with E-state index in [9.17, 15) is 9.18 Å². The highest BCUT2D eigenvalue weighted by Gasteiger charge is 2.17. The van der Waals surface area contributed by atoms with Crippen molar-refractivity contribution >= 4 is 17.4 Å². The maximum absolute atomic E-state index is 13.8. The lowest BCUT2D eigenvalue weighted by Crippen LogP contribution is -2.17. The summed E-state index contributed by atoms with van der Waals surface area (Å²) in [6.07, 6.45) is 1.67. The van der Waals surface area contributed by atoms with Crippen LogP contribution >= 0.6 is 0 Å². The number of amides is 1. The van der Waals surface area contributed by atoms with Crippen LogP contribution in [0.4, 0.5) is 15.9 Å². The standard InChI is InChI=1S/C23H18FN5O/c24-17-8-6-7-16(15-17)22(19-11-4-5-14-25-19)27-21-13-12-20(28-29-21)23(30)26-18-9-2-1-3-10-18/h1-15,22H,(H,26,30)(H,27,29). The summed E-state index contributed by atoms with van der Waals surface area (Å²) in [5.74, 6) is -0.257. The lowest BCUT2D eigenvalue weighted by atomic mass is 10.0. The number of para-hydroxylation sites is 1. The van der Waals surface area contributed by atoms with Crippen LogP contribution in [0.25, 0.3) is 0 Å². The molecule has 0 aliphatic carbocycles. The van der Waals surface area contributed by atoms with Gasteiger partial charge in [0.1, 0.15) is 11.6 Å². The first-order valence-corrected chi connectivity index (χ1v) is 9.32. The van der Waals surface area contributed by atoms with Crippen molar-refractivity contribution in [3.63, 3.8) is 0 Å². The molecule has 0 aliphatic heterocycles. The van der Waals surface area contributed by atoms with Crippen molar-refractivity contribution in [1.82, 2.24) is 15.2 Å². The summed E-state index contributed by atoms with van der Waals surface area (Å²) < 4.78 is 13.8. The molecule has 0 bridgehead atoms. The number of hydrogen-bond donors (Lipinski definition) is 2. The number of halogens is 1. The third kappa shape index (κ3) is 4.64. The molecule has 0 radical (unpaired) electrons. The maximum atomic E-state index is 13.8. The van der Waals surface area contributed by atoms with Crippen LogP contribution in [0.1, 0.15) is 27.8 Å². The van der Waals surface area contributed by atoms with E-state index in [0.29, 0.717) is 22.8 Å². The number of carbonyl (C=O) groups excluding carboxylic acids is 1. The summed E-state index contributed by atoms with van der Waals surface area (Å²) in [7, 11) is 0. The monoisotopic (exact) mass is 399 g/mol. The van der Waals surface area contributed by atoms with Crippen LogP contribution in [0.3, 0.4) is 0 Å². The fourth-order valence-corrected chi connectivity index (χ4v) is 2.96. The molecular weight excluding hydrogens is 381 g/mol. The average Bonchev–Trinajstić information content (AvgIpc) is 2.79. The van der Waals surface area contributed by atoms with Gasteiger partial charge in [0.25, 0.3) is 5.91 Å². The number of nitrogens with one attached hydrogen (secondary N) is 2. The molecule has 0 fully saturated rings. The van der Waals surface area contributed by atoms with Gasteiger partial charge in [0.15, 0.2) is 5.69 Å². The molecule has 4 rings (SSSR count). The molecule has 0 saturated carbocycles. The second kappa shape index (κ2) is 8.91. The topological polar surface area (TPSA) is 79.8 Å². The van der Waals surface area contributed by atoms with Gasteiger partial charge in [0.2, 0.25) is 0 Å². The Labute approximate surface area is 172 Å². The average molecular weight is 399 g/mol. The van der Waals surface area contributed by atoms with Gasteiger partial charge in [-0.2, -0.15) is 0 Å². The number of rotatable bonds is 6. The number of nitrogens with zero attached hydrogens (tertiary/aromatic N) is 3. The molecule has 0 spiro atoms. The Hall–Kier alpha value is -4.13. The van der Waals surface area contributed by atoms with Crippen molar-refractivity contribution in [2.75, 3.05) is 10.6 Å². The molecule has 1 unspecified atom stereocenters. The quantitative estimate of drug-likeness (QED) is 0.500. The Morgan fingerprint density at radius 3 is 2.40 bits per heavy atom. The zero-order chi connectivity index (χ0) is 20.8. The van der Waals surface area contributed by atoms with Crippen LogP contribution in [0.5, 0.6) is 0 Å². The van der Waals surface area contributed by atoms with Crippen LogP contribution in [0, 0.1) is 5.82 Å². The van der Waals surface area contributed by atoms with Gasteiger partial charge in [-0.3, -0.25) is 9.78 Å². The highest BCUT2D eigenvalue weighted by Crippen LogP contribution is 2.25. The third-order valence-electron chi connectivity index (χ3n) is 4.39. The van der Waals surface area contributed by atoms with Crippen LogP contribution in [0.2, 0.25) is 0 Å². The maximum Gasteiger partial charge on any atom is 0.276 e. The van der Waals surface area contributed by atoms with E-state index in [2.05, 4.69) is 25.8 Å². The highest BCUT2D eigenvalue weighted by molar-refractivity contribution is 6.02. The lowest BCUT2D eigenvalue weighted by molar-refractivity contribution is 0.102. The molecule has 2 aromatic carbocycles. The Morgan fingerprint density at radius 2 is 1.70 bits per heavy atom. The highest BCUT2D eigenvalue weighted by atomic mass is 19.1. The SMILES string of the molecule is O=C(Nc1ccccc1)c1ccc(NC(c2cccc(F)c2)c2ccccn2)nn1. The first-order valence-electron chi connectivity index (χ1n) is 9.32. The van der Waals surface area contributed by atoms with Gasteiger partial charge >= 0.3 is 0 Å². The van der Waals surface area contributed by atoms with E-state index in [4.69, 9.17) is 0 Å². The number of carbonyl (C=O) groups is 1. The van der Waals surface area contributed by atoms with Crippen LogP contribution in [-0.4, -0.2) is 21.1 Å². The van der Waals surface area contributed by atoms with Crippen LogP contribution in [0.15, 0.2) is 91.1 Å². The smallest absolute Gasteiger partial charge is 0.276 e. The lowest BCUT2D eigenvalue weighted by Gasteiger charge is -2.19. The number of pyridine rings is 1. The molecule has 2 N–H and O–H groups in total. The molecule has 1 atom stereocenters. The van der Waals surface area contributed by atoms with Gasteiger partial charge in [-0.25, -0.2) is 4.39 Å². The molecule has 0 saturated heterocycles. The third-order valence-corrected chi connectivity index (χ3v) is 4.39. The minimum absolute atomic E-state index is 0.185. The molecule has 0 aliphatic rings. The molecular formula is C23H18FN5O. The van der Waals surface area contributed by atoms with Gasteiger partial charge < -0.3 is 10.6 Å². The van der Waals surface area contributed by atoms with Gasteiger partial charge in [0.05, 0.1) is 11.7 Å². The molecule has 4 aromatic rings. The van der Waals surface area contributed by atoms with Crippen molar-refractivity contribution < 1.29 is 9.18 Å². The second-order valence-electron chi connectivity index (χ2n) is 6.51. The second-order valence-corrected chi connectivity index (χ2v) is 6.51. The van der Waals surface area contributed by atoms with E-state index >= 15 is 0 Å². The zero-order valence-electron chi connectivity index (χ0n) is 15.9. The van der Waals surface area contributed by atoms with Crippen molar-refractivity contribution in [3.05, 3.63) is 114 Å². The number of benzene rings is 2. The minimum atomic E-state index is -0.430. The summed E-state index contributed by atoms with van der Waals surface area (Å²) in [5, 5.41) is 14.1. The summed E-state index contributed by atoms with van der Waals surface area (Å²) in [6, 6.07) is 23.7. The number of hydrogen-bond acceptors (Lipinski definition) is 5. The summed E-state index contributed by atoms with van der Waals surface area (Å²) >= 11 is 0. The van der Waals surface area contributed by atoms with E-state index in [1.807, 2.05) is 42.5 Å². The van der Waals surface area contributed by atoms with Gasteiger partial charge in [-0.05, 0) is 54.1 Å². The van der Waals surface area contributed by atoms with Crippen molar-refractivity contribution in [3.8, 4) is 0 Å². The first kappa shape index (κ1) is 19.2. The van der Waals surface area contributed by atoms with Gasteiger partial charge in [-0.15, -0.1) is 10.2 Å². The van der Waals surface area contributed by atoms with E-state index in [1.165, 1.54) is 12.1 Å². The van der Waals surface area contributed by atoms with E-state index in [1.54, 1.807) is 36.5 Å². The molecule has 7 heteroatoms. The predicted molar refractivity (Wildman–Crippen MR) is 113 cm³/mol. The zero-order valence-corrected chi connectivity index (χ0v) is 15.9. The molecule has 2 heterocycles. The minimum Gasteiger partial charge on any atom is -0.356 e. The van der Waals surface area contributed by atoms with Gasteiger partial charge in [0, 0.05) is 11.9 Å². The Kier molecular flexibility index (Phi) is 5.70. The Balaban J connectivity index is 1.54. The van der Waals surface area contributed by atoms with E-state index in [0.717, 1.165) is 0 Å². The number of anilines is 2. The van der Waals surface area contributed by atoms with Crippen molar-refractivity contribution in [2.45, 2.75) is 6.04 Å². The Bertz CT molecular complexity index is 1120. The predicted octanol–water partition coefficient (Wildman–Crippen LogP) is 4.46. The van der Waals surface area contributed by atoms with E-state index in [-0.39, 0.29) is 17.4 Å². The molecule has 1 amide bonds. The number of aromatic nitrogens is 3. The molecule has 2 aromatic heterocycles. The fourth-order valence-electron chi connectivity index (χ4n) is 2.96. The fraction of sp³-hybridized carbons (Fsp3) is 0.0435. The van der Waals surface area contributed by atoms with Crippen LogP contribution in [-0.2, 0) is 0 Å². The van der Waals surface area contributed by atoms with Crippen molar-refractivity contribution in [1.29, 1.82) is 0 Å².